The Kier molecular flexibility index (Phi) is 3.79. The van der Waals surface area contributed by atoms with Gasteiger partial charge in [-0.3, -0.25) is 0 Å². The highest BCUT2D eigenvalue weighted by atomic mass is 35.5. The average molecular weight is 244 g/mol. The van der Waals surface area contributed by atoms with Crippen LogP contribution >= 0.6 is 11.6 Å². The number of benzene rings is 1. The van der Waals surface area contributed by atoms with Gasteiger partial charge in [0.2, 0.25) is 0 Å². The van der Waals surface area contributed by atoms with Crippen molar-refractivity contribution < 1.29 is 9.50 Å². The van der Waals surface area contributed by atoms with Gasteiger partial charge in [0.1, 0.15) is 5.82 Å². The number of hydrogen-bond acceptors (Lipinski definition) is 2. The summed E-state index contributed by atoms with van der Waals surface area (Å²) < 4.78 is 13.5. The van der Waals surface area contributed by atoms with Gasteiger partial charge in [-0.05, 0) is 43.5 Å². The van der Waals surface area contributed by atoms with Crippen LogP contribution in [0.5, 0.6) is 0 Å². The maximum atomic E-state index is 13.5. The fourth-order valence-electron chi connectivity index (χ4n) is 1.69. The van der Waals surface area contributed by atoms with E-state index in [1.807, 2.05) is 0 Å². The molecule has 0 spiro atoms. The molecule has 1 saturated carbocycles. The van der Waals surface area contributed by atoms with E-state index in [9.17, 15) is 9.50 Å². The van der Waals surface area contributed by atoms with Gasteiger partial charge in [0.05, 0.1) is 12.6 Å². The average Bonchev–Trinajstić information content (AvgIpc) is 3.07. The van der Waals surface area contributed by atoms with Crippen molar-refractivity contribution in [2.75, 3.05) is 13.2 Å². The third-order valence-corrected chi connectivity index (χ3v) is 3.10. The summed E-state index contributed by atoms with van der Waals surface area (Å²) in [6.45, 7) is 0.709. The maximum absolute atomic E-state index is 13.5. The molecule has 16 heavy (non-hydrogen) atoms. The van der Waals surface area contributed by atoms with Crippen LogP contribution < -0.4 is 5.32 Å². The van der Waals surface area contributed by atoms with Gasteiger partial charge in [-0.25, -0.2) is 4.39 Å². The van der Waals surface area contributed by atoms with E-state index >= 15 is 0 Å². The molecule has 2 rings (SSSR count). The van der Waals surface area contributed by atoms with Crippen molar-refractivity contribution in [2.45, 2.75) is 18.9 Å². The molecule has 88 valence electrons. The van der Waals surface area contributed by atoms with Gasteiger partial charge in [-0.1, -0.05) is 11.6 Å². The van der Waals surface area contributed by atoms with Gasteiger partial charge in [0.25, 0.3) is 0 Å². The third-order valence-electron chi connectivity index (χ3n) is 2.87. The number of aliphatic hydroxyl groups is 1. The molecule has 0 bridgehead atoms. The Bertz CT molecular complexity index is 368. The Morgan fingerprint density at radius 3 is 2.88 bits per heavy atom. The summed E-state index contributed by atoms with van der Waals surface area (Å²) in [5.74, 6) is 0.364. The van der Waals surface area contributed by atoms with E-state index in [-0.39, 0.29) is 18.5 Å². The molecule has 0 aliphatic heterocycles. The fraction of sp³-hybridized carbons (Fsp3) is 0.500. The lowest BCUT2D eigenvalue weighted by atomic mass is 10.1. The molecule has 0 amide bonds. The normalized spacial score (nSPS) is 17.4. The summed E-state index contributed by atoms with van der Waals surface area (Å²) >= 11 is 5.82. The maximum Gasteiger partial charge on any atom is 0.128 e. The number of rotatable bonds is 5. The lowest BCUT2D eigenvalue weighted by Crippen LogP contribution is -2.27. The molecule has 4 heteroatoms. The zero-order chi connectivity index (χ0) is 11.5. The summed E-state index contributed by atoms with van der Waals surface area (Å²) in [7, 11) is 0. The van der Waals surface area contributed by atoms with Crippen LogP contribution in [0.3, 0.4) is 0 Å². The highest BCUT2D eigenvalue weighted by molar-refractivity contribution is 6.30. The summed E-state index contributed by atoms with van der Waals surface area (Å²) in [5, 5.41) is 12.9. The molecule has 1 fully saturated rings. The lowest BCUT2D eigenvalue weighted by molar-refractivity contribution is 0.240. The van der Waals surface area contributed by atoms with E-state index < -0.39 is 0 Å². The van der Waals surface area contributed by atoms with Crippen LogP contribution in [0.15, 0.2) is 18.2 Å². The number of nitrogens with one attached hydrogen (secondary N) is 1. The van der Waals surface area contributed by atoms with E-state index in [1.54, 1.807) is 6.07 Å². The minimum absolute atomic E-state index is 0.121. The Balaban J connectivity index is 2.07. The van der Waals surface area contributed by atoms with E-state index in [2.05, 4.69) is 5.32 Å². The predicted octanol–water partition coefficient (Wildman–Crippen LogP) is 2.51. The van der Waals surface area contributed by atoms with Gasteiger partial charge >= 0.3 is 0 Å². The number of hydrogen-bond donors (Lipinski definition) is 2. The van der Waals surface area contributed by atoms with Crippen LogP contribution in [-0.2, 0) is 0 Å². The van der Waals surface area contributed by atoms with Crippen LogP contribution in [0.4, 0.5) is 4.39 Å². The molecule has 1 aliphatic rings. The highest BCUT2D eigenvalue weighted by Crippen LogP contribution is 2.29. The van der Waals surface area contributed by atoms with Crippen molar-refractivity contribution in [3.8, 4) is 0 Å². The monoisotopic (exact) mass is 243 g/mol. The predicted molar refractivity (Wildman–Crippen MR) is 62.0 cm³/mol. The summed E-state index contributed by atoms with van der Waals surface area (Å²) in [6.07, 6.45) is 2.45. The van der Waals surface area contributed by atoms with Crippen molar-refractivity contribution in [2.24, 2.45) is 5.92 Å². The van der Waals surface area contributed by atoms with Gasteiger partial charge in [-0.15, -0.1) is 0 Å². The first kappa shape index (κ1) is 11.8. The molecule has 1 aromatic carbocycles. The summed E-state index contributed by atoms with van der Waals surface area (Å²) in [4.78, 5) is 0. The second kappa shape index (κ2) is 5.13. The first-order valence-corrected chi connectivity index (χ1v) is 5.87. The van der Waals surface area contributed by atoms with Crippen LogP contribution in [-0.4, -0.2) is 18.3 Å². The molecule has 1 unspecified atom stereocenters. The molecule has 0 heterocycles. The van der Waals surface area contributed by atoms with Gasteiger partial charge in [-0.2, -0.15) is 0 Å². The highest BCUT2D eigenvalue weighted by Gasteiger charge is 2.23. The first-order valence-electron chi connectivity index (χ1n) is 5.50. The van der Waals surface area contributed by atoms with E-state index in [0.717, 1.165) is 6.54 Å². The van der Waals surface area contributed by atoms with Crippen LogP contribution in [0.25, 0.3) is 0 Å². The number of halogens is 2. The van der Waals surface area contributed by atoms with Gasteiger partial charge < -0.3 is 10.4 Å². The van der Waals surface area contributed by atoms with Crippen molar-refractivity contribution in [3.05, 3.63) is 34.6 Å². The van der Waals surface area contributed by atoms with Crippen molar-refractivity contribution >= 4 is 11.6 Å². The van der Waals surface area contributed by atoms with E-state index in [1.165, 1.54) is 25.0 Å². The second-order valence-corrected chi connectivity index (χ2v) is 4.69. The third kappa shape index (κ3) is 2.94. The first-order chi connectivity index (χ1) is 7.70. The molecule has 1 aliphatic carbocycles. The smallest absolute Gasteiger partial charge is 0.128 e. The molecule has 2 nitrogen and oxygen atoms in total. The standard InChI is InChI=1S/C12H15ClFNO/c13-9-3-4-11(14)10(5-9)12(7-16)15-6-8-1-2-8/h3-5,8,12,15-16H,1-2,6-7H2. The quantitative estimate of drug-likeness (QED) is 0.833. The molecular weight excluding hydrogens is 229 g/mol. The Morgan fingerprint density at radius 1 is 1.50 bits per heavy atom. The molecule has 2 N–H and O–H groups in total. The second-order valence-electron chi connectivity index (χ2n) is 4.25. The zero-order valence-corrected chi connectivity index (χ0v) is 9.67. The number of aliphatic hydroxyl groups excluding tert-OH is 1. The van der Waals surface area contributed by atoms with E-state index in [0.29, 0.717) is 16.5 Å². The van der Waals surface area contributed by atoms with Gasteiger partial charge in [0.15, 0.2) is 0 Å². The minimum atomic E-state index is -0.362. The molecule has 0 aromatic heterocycles. The van der Waals surface area contributed by atoms with Crippen molar-refractivity contribution in [1.29, 1.82) is 0 Å². The van der Waals surface area contributed by atoms with Crippen LogP contribution in [0.2, 0.25) is 5.02 Å². The van der Waals surface area contributed by atoms with E-state index in [4.69, 9.17) is 11.6 Å². The Hall–Kier alpha value is -0.640. The van der Waals surface area contributed by atoms with Crippen LogP contribution in [0.1, 0.15) is 24.4 Å². The van der Waals surface area contributed by atoms with Crippen molar-refractivity contribution in [3.63, 3.8) is 0 Å². The minimum Gasteiger partial charge on any atom is -0.394 e. The van der Waals surface area contributed by atoms with Gasteiger partial charge in [0, 0.05) is 10.6 Å². The Morgan fingerprint density at radius 2 is 2.25 bits per heavy atom. The molecule has 1 atom stereocenters. The zero-order valence-electron chi connectivity index (χ0n) is 8.92. The topological polar surface area (TPSA) is 32.3 Å². The van der Waals surface area contributed by atoms with Crippen molar-refractivity contribution in [1.82, 2.24) is 5.32 Å². The molecule has 1 aromatic rings. The molecular formula is C12H15ClFNO. The summed E-state index contributed by atoms with van der Waals surface area (Å²) in [5.41, 5.74) is 0.440. The SMILES string of the molecule is OCC(NCC1CC1)c1cc(Cl)ccc1F. The molecule has 0 radical (unpaired) electrons. The molecule has 0 saturated heterocycles. The lowest BCUT2D eigenvalue weighted by Gasteiger charge is -2.17. The Labute approximate surface area is 99.4 Å². The summed E-state index contributed by atoms with van der Waals surface area (Å²) in [6, 6.07) is 4.05. The van der Waals surface area contributed by atoms with Crippen LogP contribution in [0, 0.1) is 11.7 Å². The largest absolute Gasteiger partial charge is 0.394 e. The fourth-order valence-corrected chi connectivity index (χ4v) is 1.87.